The van der Waals surface area contributed by atoms with Gasteiger partial charge >= 0.3 is 0 Å². The maximum atomic E-state index is 12.0. The molecule has 1 heterocycles. The molecular formula is C8H9NOS2. The van der Waals surface area contributed by atoms with Crippen LogP contribution < -0.4 is 0 Å². The minimum absolute atomic E-state index is 0.608. The molecule has 0 radical (unpaired) electrons. The van der Waals surface area contributed by atoms with Crippen molar-refractivity contribution in [1.29, 1.82) is 0 Å². The van der Waals surface area contributed by atoms with Crippen LogP contribution >= 0.6 is 11.9 Å². The van der Waals surface area contributed by atoms with Crippen LogP contribution in [0.3, 0.4) is 0 Å². The summed E-state index contributed by atoms with van der Waals surface area (Å²) < 4.78 is 16.1. The number of hydrogen-bond acceptors (Lipinski definition) is 3. The molecule has 0 saturated heterocycles. The summed E-state index contributed by atoms with van der Waals surface area (Å²) >= 11 is 1.35. The Morgan fingerprint density at radius 3 is 3.00 bits per heavy atom. The van der Waals surface area contributed by atoms with Crippen molar-refractivity contribution in [2.45, 2.75) is 16.7 Å². The summed E-state index contributed by atoms with van der Waals surface area (Å²) in [6.07, 6.45) is 0. The molecule has 0 fully saturated rings. The van der Waals surface area contributed by atoms with Gasteiger partial charge in [0.2, 0.25) is 0 Å². The highest BCUT2D eigenvalue weighted by atomic mass is 32.2. The van der Waals surface area contributed by atoms with E-state index >= 15 is 0 Å². The summed E-state index contributed by atoms with van der Waals surface area (Å²) in [7, 11) is -2.06. The fraction of sp³-hybridized carbons (Fsp3) is 0.250. The SMILES string of the molecule is CCS1(=O)=NSc2ccccc21. The summed E-state index contributed by atoms with van der Waals surface area (Å²) in [6, 6.07) is 7.73. The first-order chi connectivity index (χ1) is 5.76. The van der Waals surface area contributed by atoms with Gasteiger partial charge in [0.15, 0.2) is 0 Å². The van der Waals surface area contributed by atoms with E-state index in [0.717, 1.165) is 9.79 Å². The average Bonchev–Trinajstić information content (AvgIpc) is 2.46. The molecule has 1 aliphatic rings. The Kier molecular flexibility index (Phi) is 1.88. The van der Waals surface area contributed by atoms with Gasteiger partial charge in [0.1, 0.15) is 0 Å². The van der Waals surface area contributed by atoms with Gasteiger partial charge in [-0.3, -0.25) is 0 Å². The van der Waals surface area contributed by atoms with E-state index in [1.165, 1.54) is 11.9 Å². The molecule has 0 N–H and O–H groups in total. The Morgan fingerprint density at radius 2 is 2.25 bits per heavy atom. The van der Waals surface area contributed by atoms with E-state index < -0.39 is 9.73 Å². The molecule has 2 rings (SSSR count). The Morgan fingerprint density at radius 1 is 1.50 bits per heavy atom. The van der Waals surface area contributed by atoms with E-state index in [1.54, 1.807) is 0 Å². The minimum Gasteiger partial charge on any atom is -0.244 e. The van der Waals surface area contributed by atoms with E-state index in [9.17, 15) is 4.21 Å². The van der Waals surface area contributed by atoms with Gasteiger partial charge in [-0.05, 0) is 12.1 Å². The molecular weight excluding hydrogens is 190 g/mol. The molecule has 0 spiro atoms. The van der Waals surface area contributed by atoms with Crippen LogP contribution in [-0.4, -0.2) is 9.96 Å². The Labute approximate surface area is 76.7 Å². The number of rotatable bonds is 1. The van der Waals surface area contributed by atoms with Gasteiger partial charge in [0.05, 0.1) is 14.6 Å². The number of fused-ring (bicyclic) bond motifs is 1. The topological polar surface area (TPSA) is 29.4 Å². The van der Waals surface area contributed by atoms with Gasteiger partial charge in [-0.25, -0.2) is 4.21 Å². The Balaban J connectivity index is 2.67. The molecule has 4 heteroatoms. The second kappa shape index (κ2) is 2.78. The fourth-order valence-corrected chi connectivity index (χ4v) is 4.47. The lowest BCUT2D eigenvalue weighted by molar-refractivity contribution is 0.678. The quantitative estimate of drug-likeness (QED) is 0.650. The third-order valence-corrected chi connectivity index (χ3v) is 5.61. The van der Waals surface area contributed by atoms with Crippen molar-refractivity contribution in [2.24, 2.45) is 3.77 Å². The third-order valence-electron chi connectivity index (χ3n) is 1.84. The summed E-state index contributed by atoms with van der Waals surface area (Å²) in [5.74, 6) is 0.608. The maximum absolute atomic E-state index is 12.0. The number of hydrogen-bond donors (Lipinski definition) is 0. The minimum atomic E-state index is -2.06. The van der Waals surface area contributed by atoms with Gasteiger partial charge in [-0.15, -0.1) is 0 Å². The first-order valence-corrected chi connectivity index (χ1v) is 6.22. The van der Waals surface area contributed by atoms with Gasteiger partial charge < -0.3 is 0 Å². The summed E-state index contributed by atoms with van der Waals surface area (Å²) in [4.78, 5) is 1.96. The lowest BCUT2D eigenvalue weighted by Crippen LogP contribution is -1.99. The standard InChI is InChI=1S/C8H9NOS2/c1-2-12(10)8-6-4-3-5-7(8)11-9-12/h3-6H,2H2,1H3. The second-order valence-corrected chi connectivity index (χ2v) is 6.06. The largest absolute Gasteiger partial charge is 0.244 e. The lowest BCUT2D eigenvalue weighted by atomic mass is 10.4. The zero-order valence-electron chi connectivity index (χ0n) is 6.69. The molecule has 0 aliphatic carbocycles. The summed E-state index contributed by atoms with van der Waals surface area (Å²) in [5.41, 5.74) is 0. The monoisotopic (exact) mass is 199 g/mol. The maximum Gasteiger partial charge on any atom is 0.0874 e. The van der Waals surface area contributed by atoms with Crippen LogP contribution in [0.25, 0.3) is 0 Å². The molecule has 0 aromatic heterocycles. The molecule has 12 heavy (non-hydrogen) atoms. The van der Waals surface area contributed by atoms with Crippen LogP contribution in [-0.2, 0) is 9.73 Å². The van der Waals surface area contributed by atoms with Crippen molar-refractivity contribution < 1.29 is 4.21 Å². The zero-order chi connectivity index (χ0) is 8.60. The van der Waals surface area contributed by atoms with E-state index in [1.807, 2.05) is 31.2 Å². The predicted octanol–water partition coefficient (Wildman–Crippen LogP) is 2.55. The molecule has 1 aliphatic heterocycles. The molecule has 1 unspecified atom stereocenters. The molecule has 0 amide bonds. The predicted molar refractivity (Wildman–Crippen MR) is 51.7 cm³/mol. The highest BCUT2D eigenvalue weighted by Crippen LogP contribution is 2.37. The van der Waals surface area contributed by atoms with Crippen LogP contribution in [0.2, 0.25) is 0 Å². The van der Waals surface area contributed by atoms with Crippen LogP contribution in [0.1, 0.15) is 6.92 Å². The van der Waals surface area contributed by atoms with Crippen LogP contribution in [0.15, 0.2) is 37.8 Å². The van der Waals surface area contributed by atoms with Crippen molar-refractivity contribution >= 4 is 21.7 Å². The lowest BCUT2D eigenvalue weighted by Gasteiger charge is -2.00. The summed E-state index contributed by atoms with van der Waals surface area (Å²) in [6.45, 7) is 1.91. The van der Waals surface area contributed by atoms with Gasteiger partial charge in [0, 0.05) is 22.6 Å². The van der Waals surface area contributed by atoms with Crippen LogP contribution in [0.5, 0.6) is 0 Å². The van der Waals surface area contributed by atoms with E-state index in [-0.39, 0.29) is 0 Å². The average molecular weight is 199 g/mol. The van der Waals surface area contributed by atoms with Crippen molar-refractivity contribution in [2.75, 3.05) is 5.75 Å². The molecule has 2 nitrogen and oxygen atoms in total. The highest BCUT2D eigenvalue weighted by Gasteiger charge is 2.20. The van der Waals surface area contributed by atoms with E-state index in [2.05, 4.69) is 3.77 Å². The zero-order valence-corrected chi connectivity index (χ0v) is 8.32. The number of benzene rings is 1. The normalized spacial score (nSPS) is 26.4. The molecule has 0 saturated carbocycles. The van der Waals surface area contributed by atoms with Crippen molar-refractivity contribution in [1.82, 2.24) is 0 Å². The van der Waals surface area contributed by atoms with Crippen molar-refractivity contribution in [3.05, 3.63) is 24.3 Å². The Bertz CT molecular complexity index is 419. The second-order valence-electron chi connectivity index (χ2n) is 2.54. The van der Waals surface area contributed by atoms with Crippen LogP contribution in [0.4, 0.5) is 0 Å². The number of nitrogens with zero attached hydrogens (tertiary/aromatic N) is 1. The summed E-state index contributed by atoms with van der Waals surface area (Å²) in [5, 5.41) is 0. The molecule has 1 atom stereocenters. The first-order valence-electron chi connectivity index (χ1n) is 3.76. The highest BCUT2D eigenvalue weighted by molar-refractivity contribution is 8.09. The van der Waals surface area contributed by atoms with Crippen LogP contribution in [0, 0.1) is 0 Å². The smallest absolute Gasteiger partial charge is 0.0874 e. The van der Waals surface area contributed by atoms with Crippen molar-refractivity contribution in [3.63, 3.8) is 0 Å². The molecule has 1 aromatic carbocycles. The van der Waals surface area contributed by atoms with Gasteiger partial charge in [0.25, 0.3) is 0 Å². The molecule has 1 aromatic rings. The Hall–Kier alpha value is -0.480. The van der Waals surface area contributed by atoms with Crippen molar-refractivity contribution in [3.8, 4) is 0 Å². The van der Waals surface area contributed by atoms with Gasteiger partial charge in [-0.2, -0.15) is 3.77 Å². The van der Waals surface area contributed by atoms with E-state index in [0.29, 0.717) is 5.75 Å². The fourth-order valence-electron chi connectivity index (χ4n) is 1.14. The molecule has 0 bridgehead atoms. The van der Waals surface area contributed by atoms with Gasteiger partial charge in [-0.1, -0.05) is 19.1 Å². The van der Waals surface area contributed by atoms with E-state index in [4.69, 9.17) is 0 Å². The third kappa shape index (κ3) is 1.06. The first kappa shape index (κ1) is 8.13. The molecule has 64 valence electrons.